The molecule has 0 bridgehead atoms. The second-order valence-electron chi connectivity index (χ2n) is 22.6. The molecule has 0 fully saturated rings. The lowest BCUT2D eigenvalue weighted by Gasteiger charge is -2.27. The predicted octanol–water partition coefficient (Wildman–Crippen LogP) is 19.8. The Kier molecular flexibility index (Phi) is 54.4. The van der Waals surface area contributed by atoms with Crippen molar-refractivity contribution >= 4 is 19.7 Å². The first-order valence-electron chi connectivity index (χ1n) is 31.9. The summed E-state index contributed by atoms with van der Waals surface area (Å²) in [4.78, 5) is 37.7. The zero-order valence-corrected chi connectivity index (χ0v) is 51.8. The highest BCUT2D eigenvalue weighted by Crippen LogP contribution is 2.43. The first kappa shape index (κ1) is 74.2. The third kappa shape index (κ3) is 57.7. The quantitative estimate of drug-likeness (QED) is 0.0205. The Balaban J connectivity index is 5.24. The summed E-state index contributed by atoms with van der Waals surface area (Å²) in [5.74, 6) is -0.543. The molecule has 0 heterocycles. The SMILES string of the molecule is CCCCC/C=C\C/C=C\C/C=C\C/C=C\CCCCCC(=O)OC(/C=C/CCCCCCCCCCC)C(COP(=O)(O)OCC[N+](C)(C)C)NC(=O)CCCCCCCCCCCCC/C=C\C/C=C\CCCCC. The molecule has 3 atom stereocenters. The first-order chi connectivity index (χ1) is 37.4. The van der Waals surface area contributed by atoms with Crippen LogP contribution in [0, 0.1) is 0 Å². The van der Waals surface area contributed by atoms with Crippen molar-refractivity contribution in [3.63, 3.8) is 0 Å². The Morgan fingerprint density at radius 3 is 1.22 bits per heavy atom. The molecule has 3 unspecified atom stereocenters. The summed E-state index contributed by atoms with van der Waals surface area (Å²) < 4.78 is 30.7. The van der Waals surface area contributed by atoms with Crippen molar-refractivity contribution in [3.8, 4) is 0 Å². The fourth-order valence-corrected chi connectivity index (χ4v) is 9.57. The van der Waals surface area contributed by atoms with Gasteiger partial charge in [-0.25, -0.2) is 4.57 Å². The van der Waals surface area contributed by atoms with E-state index < -0.39 is 20.0 Å². The predicted molar refractivity (Wildman–Crippen MR) is 332 cm³/mol. The number of rotatable bonds is 57. The summed E-state index contributed by atoms with van der Waals surface area (Å²) in [6, 6.07) is -0.866. The van der Waals surface area contributed by atoms with Gasteiger partial charge in [-0.1, -0.05) is 241 Å². The molecule has 0 aliphatic carbocycles. The number of esters is 1. The number of unbranched alkanes of at least 4 members (excludes halogenated alkanes) is 29. The molecule has 0 saturated heterocycles. The maximum atomic E-state index is 13.6. The Hall–Kier alpha value is -2.81. The number of allylic oxidation sites excluding steroid dienone is 13. The van der Waals surface area contributed by atoms with E-state index >= 15 is 0 Å². The lowest BCUT2D eigenvalue weighted by atomic mass is 10.0. The molecule has 0 radical (unpaired) electrons. The van der Waals surface area contributed by atoms with Gasteiger partial charge in [-0.3, -0.25) is 18.6 Å². The van der Waals surface area contributed by atoms with Gasteiger partial charge in [0.05, 0.1) is 33.8 Å². The number of phosphoric acid groups is 1. The minimum Gasteiger partial charge on any atom is -0.456 e. The van der Waals surface area contributed by atoms with Crippen LogP contribution < -0.4 is 5.32 Å². The summed E-state index contributed by atoms with van der Waals surface area (Å²) in [6.07, 6.45) is 74.4. The van der Waals surface area contributed by atoms with Gasteiger partial charge in [0.25, 0.3) is 0 Å². The molecule has 10 heteroatoms. The maximum absolute atomic E-state index is 13.6. The lowest BCUT2D eigenvalue weighted by Crippen LogP contribution is -2.47. The molecule has 0 aliphatic rings. The van der Waals surface area contributed by atoms with Crippen LogP contribution in [0.25, 0.3) is 0 Å². The number of quaternary nitrogens is 1. The number of likely N-dealkylation sites (N-methyl/N-ethyl adjacent to an activating group) is 1. The topological polar surface area (TPSA) is 111 Å². The van der Waals surface area contributed by atoms with Crippen LogP contribution in [0.1, 0.15) is 278 Å². The Labute approximate surface area is 476 Å². The average Bonchev–Trinajstić information content (AvgIpc) is 3.39. The fraction of sp³-hybridized carbons (Fsp3) is 0.761. The van der Waals surface area contributed by atoms with Gasteiger partial charge >= 0.3 is 13.8 Å². The van der Waals surface area contributed by atoms with Gasteiger partial charge < -0.3 is 19.4 Å². The summed E-state index contributed by atoms with van der Waals surface area (Å²) >= 11 is 0. The number of hydrogen-bond donors (Lipinski definition) is 2. The highest BCUT2D eigenvalue weighted by Gasteiger charge is 2.30. The molecule has 9 nitrogen and oxygen atoms in total. The molecule has 0 rings (SSSR count). The van der Waals surface area contributed by atoms with Gasteiger partial charge in [-0.05, 0) is 109 Å². The van der Waals surface area contributed by atoms with Crippen molar-refractivity contribution in [2.75, 3.05) is 40.9 Å². The average molecular weight is 1100 g/mol. The number of hydrogen-bond acceptors (Lipinski definition) is 6. The minimum absolute atomic E-state index is 0.0315. The second-order valence-corrected chi connectivity index (χ2v) is 24.0. The van der Waals surface area contributed by atoms with Gasteiger partial charge in [-0.15, -0.1) is 0 Å². The van der Waals surface area contributed by atoms with Crippen LogP contribution in [0.15, 0.2) is 85.1 Å². The number of nitrogens with zero attached hydrogens (tertiary/aromatic N) is 1. The standard InChI is InChI=1S/C67H121N2O7P/c1-7-10-13-16-19-22-25-27-29-31-33-34-36-37-39-41-44-47-50-53-56-59-66(70)68-64(63-75-77(72,73)74-62-61-69(4,5)6)65(58-55-52-49-46-43-24-21-18-15-12-9-3)76-67(71)60-57-54-51-48-45-42-40-38-35-32-30-28-26-23-20-17-14-11-8-2/h19-20,22-23,27-30,35,38,42,45,55,58,64-65H,7-18,21,24-26,31-34,36-37,39-41,43-44,46-54,56-57,59-63H2,1-6H3,(H-,68,70,72,73)/p+1/b22-19-,23-20-,29-27-,30-28-,38-35-,45-42-,58-55+. The smallest absolute Gasteiger partial charge is 0.456 e. The van der Waals surface area contributed by atoms with Gasteiger partial charge in [0.15, 0.2) is 0 Å². The van der Waals surface area contributed by atoms with E-state index in [4.69, 9.17) is 13.8 Å². The number of ether oxygens (including phenoxy) is 1. The summed E-state index contributed by atoms with van der Waals surface area (Å²) in [5, 5.41) is 3.05. The molecular weight excluding hydrogens is 976 g/mol. The first-order valence-corrected chi connectivity index (χ1v) is 33.4. The molecule has 0 aromatic rings. The van der Waals surface area contributed by atoms with Gasteiger partial charge in [0.2, 0.25) is 5.91 Å². The normalized spacial score (nSPS) is 14.2. The van der Waals surface area contributed by atoms with E-state index in [2.05, 4.69) is 99.0 Å². The van der Waals surface area contributed by atoms with Gasteiger partial charge in [0, 0.05) is 12.8 Å². The van der Waals surface area contributed by atoms with E-state index in [-0.39, 0.29) is 31.5 Å². The largest absolute Gasteiger partial charge is 0.472 e. The molecule has 0 saturated carbocycles. The summed E-state index contributed by atoms with van der Waals surface area (Å²) in [5.41, 5.74) is 0. The Bertz CT molecular complexity index is 1590. The van der Waals surface area contributed by atoms with Crippen molar-refractivity contribution in [2.24, 2.45) is 0 Å². The lowest BCUT2D eigenvalue weighted by molar-refractivity contribution is -0.870. The highest BCUT2D eigenvalue weighted by atomic mass is 31.2. The zero-order valence-electron chi connectivity index (χ0n) is 50.9. The van der Waals surface area contributed by atoms with Crippen LogP contribution in [-0.2, 0) is 27.9 Å². The van der Waals surface area contributed by atoms with Crippen molar-refractivity contribution in [3.05, 3.63) is 85.1 Å². The number of nitrogens with one attached hydrogen (secondary N) is 1. The van der Waals surface area contributed by atoms with Gasteiger partial charge in [-0.2, -0.15) is 0 Å². The van der Waals surface area contributed by atoms with E-state index in [1.165, 1.54) is 154 Å². The minimum atomic E-state index is -4.46. The maximum Gasteiger partial charge on any atom is 0.472 e. The van der Waals surface area contributed by atoms with Crippen molar-refractivity contribution in [1.29, 1.82) is 0 Å². The van der Waals surface area contributed by atoms with E-state index in [1.807, 2.05) is 33.3 Å². The Morgan fingerprint density at radius 2 is 0.792 bits per heavy atom. The van der Waals surface area contributed by atoms with Crippen LogP contribution in [0.2, 0.25) is 0 Å². The van der Waals surface area contributed by atoms with E-state index in [1.54, 1.807) is 0 Å². The van der Waals surface area contributed by atoms with Crippen LogP contribution in [0.3, 0.4) is 0 Å². The van der Waals surface area contributed by atoms with E-state index in [0.717, 1.165) is 83.5 Å². The molecule has 0 spiro atoms. The zero-order chi connectivity index (χ0) is 56.4. The Morgan fingerprint density at radius 1 is 0.455 bits per heavy atom. The second kappa shape index (κ2) is 56.5. The van der Waals surface area contributed by atoms with Crippen molar-refractivity contribution in [2.45, 2.75) is 290 Å². The molecule has 2 N–H and O–H groups in total. The molecule has 1 amide bonds. The number of phosphoric ester groups is 1. The fourth-order valence-electron chi connectivity index (χ4n) is 8.84. The van der Waals surface area contributed by atoms with E-state index in [0.29, 0.717) is 23.9 Å². The number of carbonyl (C=O) groups excluding carboxylic acids is 2. The van der Waals surface area contributed by atoms with Crippen molar-refractivity contribution in [1.82, 2.24) is 5.32 Å². The third-order valence-electron chi connectivity index (χ3n) is 13.8. The highest BCUT2D eigenvalue weighted by molar-refractivity contribution is 7.47. The third-order valence-corrected chi connectivity index (χ3v) is 14.8. The molecule has 0 aromatic heterocycles. The van der Waals surface area contributed by atoms with Crippen LogP contribution in [0.5, 0.6) is 0 Å². The number of carbonyl (C=O) groups is 2. The van der Waals surface area contributed by atoms with Crippen LogP contribution in [-0.4, -0.2) is 74.3 Å². The van der Waals surface area contributed by atoms with Crippen LogP contribution in [0.4, 0.5) is 0 Å². The van der Waals surface area contributed by atoms with Crippen molar-refractivity contribution < 1.29 is 37.3 Å². The monoisotopic (exact) mass is 1100 g/mol. The number of amides is 1. The van der Waals surface area contributed by atoms with Gasteiger partial charge in [0.1, 0.15) is 19.3 Å². The molecular formula is C67H122N2O7P+. The van der Waals surface area contributed by atoms with Crippen LogP contribution >= 0.6 is 7.82 Å². The molecule has 0 aromatic carbocycles. The molecule has 0 aliphatic heterocycles. The van der Waals surface area contributed by atoms with E-state index in [9.17, 15) is 19.0 Å². The summed E-state index contributed by atoms with van der Waals surface area (Å²) in [6.45, 7) is 6.94. The molecule has 446 valence electrons. The molecule has 77 heavy (non-hydrogen) atoms. The summed E-state index contributed by atoms with van der Waals surface area (Å²) in [7, 11) is 1.47.